The van der Waals surface area contributed by atoms with Crippen LogP contribution in [-0.2, 0) is 28.6 Å². The van der Waals surface area contributed by atoms with Crippen LogP contribution in [0.4, 0.5) is 0 Å². The molecular weight excluding hydrogens is 925 g/mol. The van der Waals surface area contributed by atoms with Crippen LogP contribution in [0.25, 0.3) is 0 Å². The number of hydrogen-bond acceptors (Lipinski definition) is 6. The Hall–Kier alpha value is -2.11. The van der Waals surface area contributed by atoms with E-state index in [4.69, 9.17) is 14.2 Å². The molecule has 6 nitrogen and oxygen atoms in total. The van der Waals surface area contributed by atoms with E-state index in [0.29, 0.717) is 19.3 Å². The Kier molecular flexibility index (Phi) is 62.6. The lowest BCUT2D eigenvalue weighted by molar-refractivity contribution is -0.167. The SMILES string of the molecule is CCCCC/C=C\CCCCCCCC(=O)OCC(COC(=O)CCCCCCCCCCCCCCCCCCCCCCCCCCCCCCCCCC)OC(=O)CCCCCCC/C=C\CCCCCC. The molecule has 0 saturated heterocycles. The molecule has 442 valence electrons. The summed E-state index contributed by atoms with van der Waals surface area (Å²) in [6.45, 7) is 6.65. The topological polar surface area (TPSA) is 78.9 Å². The normalized spacial score (nSPS) is 12.1. The maximum Gasteiger partial charge on any atom is 0.306 e. The van der Waals surface area contributed by atoms with Gasteiger partial charge in [-0.15, -0.1) is 0 Å². The number of esters is 3. The van der Waals surface area contributed by atoms with Crippen LogP contribution >= 0.6 is 0 Å². The predicted octanol–water partition coefficient (Wildman–Crippen LogP) is 23.0. The summed E-state index contributed by atoms with van der Waals surface area (Å²) in [5, 5.41) is 0. The summed E-state index contributed by atoms with van der Waals surface area (Å²) >= 11 is 0. The molecule has 0 aromatic rings. The number of rotatable bonds is 63. The first-order valence-electron chi connectivity index (χ1n) is 33.8. The standard InChI is InChI=1S/C69H130O6/c1-4-7-10-13-16-19-22-25-26-27-28-29-30-31-32-33-34-35-36-37-38-39-40-41-42-43-45-47-50-53-56-59-62-68(71)74-65-66(64-73-67(70)61-58-55-52-49-46-24-21-18-15-12-9-6-3)75-69(72)63-60-57-54-51-48-44-23-20-17-14-11-8-5-2/h18,20-21,23,66H,4-17,19,22,24-65H2,1-3H3/b21-18-,23-20-. The average Bonchev–Trinajstić information content (AvgIpc) is 3.41. The Morgan fingerprint density at radius 3 is 0.707 bits per heavy atom. The molecule has 0 aromatic heterocycles. The molecule has 0 aliphatic carbocycles. The van der Waals surface area contributed by atoms with E-state index in [2.05, 4.69) is 45.1 Å². The molecule has 0 saturated carbocycles. The summed E-state index contributed by atoms with van der Waals surface area (Å²) < 4.78 is 16.9. The number of allylic oxidation sites excluding steroid dienone is 4. The van der Waals surface area contributed by atoms with Crippen LogP contribution < -0.4 is 0 Å². The van der Waals surface area contributed by atoms with Crippen molar-refractivity contribution in [1.82, 2.24) is 0 Å². The second kappa shape index (κ2) is 64.4. The van der Waals surface area contributed by atoms with Gasteiger partial charge in [0.25, 0.3) is 0 Å². The van der Waals surface area contributed by atoms with Crippen molar-refractivity contribution >= 4 is 17.9 Å². The summed E-state index contributed by atoms with van der Waals surface area (Å²) in [6.07, 6.45) is 78.0. The first-order chi connectivity index (χ1) is 37.0. The molecule has 75 heavy (non-hydrogen) atoms. The molecule has 0 aliphatic heterocycles. The Bertz CT molecular complexity index is 1210. The largest absolute Gasteiger partial charge is 0.462 e. The molecule has 0 rings (SSSR count). The minimum atomic E-state index is -0.776. The molecule has 0 aromatic carbocycles. The summed E-state index contributed by atoms with van der Waals surface area (Å²) in [4.78, 5) is 38.2. The minimum Gasteiger partial charge on any atom is -0.462 e. The van der Waals surface area contributed by atoms with Crippen molar-refractivity contribution in [3.8, 4) is 0 Å². The van der Waals surface area contributed by atoms with Gasteiger partial charge in [-0.1, -0.05) is 315 Å². The highest BCUT2D eigenvalue weighted by molar-refractivity contribution is 5.71. The fraction of sp³-hybridized carbons (Fsp3) is 0.899. The van der Waals surface area contributed by atoms with Gasteiger partial charge in [-0.25, -0.2) is 0 Å². The maximum atomic E-state index is 12.8. The fourth-order valence-corrected chi connectivity index (χ4v) is 10.3. The third-order valence-electron chi connectivity index (χ3n) is 15.4. The lowest BCUT2D eigenvalue weighted by Gasteiger charge is -2.18. The third-order valence-corrected chi connectivity index (χ3v) is 15.4. The van der Waals surface area contributed by atoms with Crippen LogP contribution in [0.3, 0.4) is 0 Å². The fourth-order valence-electron chi connectivity index (χ4n) is 10.3. The Labute approximate surface area is 468 Å². The zero-order valence-electron chi connectivity index (χ0n) is 50.8. The number of carbonyl (C=O) groups is 3. The van der Waals surface area contributed by atoms with Crippen LogP contribution in [0.2, 0.25) is 0 Å². The third kappa shape index (κ3) is 62.6. The van der Waals surface area contributed by atoms with E-state index in [1.165, 1.54) is 270 Å². The molecule has 0 spiro atoms. The number of ether oxygens (including phenoxy) is 3. The van der Waals surface area contributed by atoms with Crippen molar-refractivity contribution in [2.45, 2.75) is 386 Å². The van der Waals surface area contributed by atoms with Crippen LogP contribution in [0.15, 0.2) is 24.3 Å². The average molecular weight is 1060 g/mol. The minimum absolute atomic E-state index is 0.0728. The summed E-state index contributed by atoms with van der Waals surface area (Å²) in [6, 6.07) is 0. The Balaban J connectivity index is 4.03. The Morgan fingerprint density at radius 1 is 0.253 bits per heavy atom. The zero-order chi connectivity index (χ0) is 54.3. The first-order valence-corrected chi connectivity index (χ1v) is 33.8. The highest BCUT2D eigenvalue weighted by Gasteiger charge is 2.19. The molecule has 0 radical (unpaired) electrons. The molecule has 0 bridgehead atoms. The highest BCUT2D eigenvalue weighted by atomic mass is 16.6. The quantitative estimate of drug-likeness (QED) is 0.0261. The number of carbonyl (C=O) groups excluding carboxylic acids is 3. The number of unbranched alkanes of at least 4 members (excludes halogenated alkanes) is 48. The molecule has 0 fully saturated rings. The van der Waals surface area contributed by atoms with E-state index < -0.39 is 6.10 Å². The lowest BCUT2D eigenvalue weighted by Crippen LogP contribution is -2.30. The van der Waals surface area contributed by atoms with Crippen molar-refractivity contribution in [3.05, 3.63) is 24.3 Å². The van der Waals surface area contributed by atoms with Gasteiger partial charge < -0.3 is 14.2 Å². The predicted molar refractivity (Wildman–Crippen MR) is 326 cm³/mol. The summed E-state index contributed by atoms with van der Waals surface area (Å²) in [5.74, 6) is -0.869. The number of hydrogen-bond donors (Lipinski definition) is 0. The van der Waals surface area contributed by atoms with Crippen LogP contribution in [-0.4, -0.2) is 37.2 Å². The van der Waals surface area contributed by atoms with E-state index in [-0.39, 0.29) is 31.1 Å². The zero-order valence-corrected chi connectivity index (χ0v) is 50.8. The van der Waals surface area contributed by atoms with Crippen molar-refractivity contribution in [2.24, 2.45) is 0 Å². The van der Waals surface area contributed by atoms with Gasteiger partial charge in [-0.05, 0) is 70.6 Å². The van der Waals surface area contributed by atoms with Gasteiger partial charge in [-0.3, -0.25) is 14.4 Å². The van der Waals surface area contributed by atoms with Gasteiger partial charge >= 0.3 is 17.9 Å². The van der Waals surface area contributed by atoms with Crippen LogP contribution in [0.1, 0.15) is 380 Å². The van der Waals surface area contributed by atoms with E-state index in [1.54, 1.807) is 0 Å². The monoisotopic (exact) mass is 1050 g/mol. The van der Waals surface area contributed by atoms with Crippen molar-refractivity contribution < 1.29 is 28.6 Å². The lowest BCUT2D eigenvalue weighted by atomic mass is 10.0. The second-order valence-electron chi connectivity index (χ2n) is 23.1. The van der Waals surface area contributed by atoms with Crippen molar-refractivity contribution in [1.29, 1.82) is 0 Å². The smallest absolute Gasteiger partial charge is 0.306 e. The maximum absolute atomic E-state index is 12.8. The Morgan fingerprint density at radius 2 is 0.440 bits per heavy atom. The van der Waals surface area contributed by atoms with E-state index in [9.17, 15) is 14.4 Å². The van der Waals surface area contributed by atoms with E-state index in [1.807, 2.05) is 0 Å². The van der Waals surface area contributed by atoms with Gasteiger partial charge in [0.1, 0.15) is 13.2 Å². The van der Waals surface area contributed by atoms with Crippen molar-refractivity contribution in [2.75, 3.05) is 13.2 Å². The van der Waals surface area contributed by atoms with Gasteiger partial charge in [0, 0.05) is 19.3 Å². The first kappa shape index (κ1) is 72.9. The second-order valence-corrected chi connectivity index (χ2v) is 23.1. The molecule has 0 N–H and O–H groups in total. The van der Waals surface area contributed by atoms with Gasteiger partial charge in [-0.2, -0.15) is 0 Å². The van der Waals surface area contributed by atoms with E-state index >= 15 is 0 Å². The molecule has 6 heteroatoms. The van der Waals surface area contributed by atoms with Crippen LogP contribution in [0, 0.1) is 0 Å². The molecule has 0 amide bonds. The molecule has 1 unspecified atom stereocenters. The van der Waals surface area contributed by atoms with Crippen molar-refractivity contribution in [3.63, 3.8) is 0 Å². The summed E-state index contributed by atoms with van der Waals surface area (Å²) in [5.41, 5.74) is 0. The van der Waals surface area contributed by atoms with Crippen LogP contribution in [0.5, 0.6) is 0 Å². The van der Waals surface area contributed by atoms with E-state index in [0.717, 1.165) is 70.6 Å². The summed E-state index contributed by atoms with van der Waals surface area (Å²) in [7, 11) is 0. The molecule has 0 heterocycles. The molecular formula is C69H130O6. The van der Waals surface area contributed by atoms with Gasteiger partial charge in [0.15, 0.2) is 6.10 Å². The molecule has 1 atom stereocenters. The highest BCUT2D eigenvalue weighted by Crippen LogP contribution is 2.18. The van der Waals surface area contributed by atoms with Gasteiger partial charge in [0.05, 0.1) is 0 Å². The van der Waals surface area contributed by atoms with Gasteiger partial charge in [0.2, 0.25) is 0 Å². The molecule has 0 aliphatic rings.